The van der Waals surface area contributed by atoms with Crippen molar-refractivity contribution in [2.45, 2.75) is 6.54 Å². The van der Waals surface area contributed by atoms with Crippen LogP contribution in [0.25, 0.3) is 10.9 Å². The average molecular weight is 381 g/mol. The lowest BCUT2D eigenvalue weighted by molar-refractivity contribution is 0.250. The van der Waals surface area contributed by atoms with Gasteiger partial charge >= 0.3 is 0 Å². The van der Waals surface area contributed by atoms with Crippen molar-refractivity contribution in [2.75, 3.05) is 31.1 Å². The largest absolute Gasteiger partial charge is 0.368 e. The fourth-order valence-corrected chi connectivity index (χ4v) is 3.81. The minimum absolute atomic E-state index is 0.124. The van der Waals surface area contributed by atoms with Gasteiger partial charge in [0.05, 0.1) is 11.2 Å². The number of halogens is 2. The maximum Gasteiger partial charge on any atom is 0.143 e. The molecule has 1 fully saturated rings. The van der Waals surface area contributed by atoms with Crippen molar-refractivity contribution in [3.63, 3.8) is 0 Å². The molecule has 2 aromatic carbocycles. The molecule has 3 aromatic rings. The standard InChI is InChI=1S/C21H18ClFN4/c22-18-7-6-15(21-16(18)3-2-8-25-21)14-26-9-11-27(12-10-26)20-5-1-4-19(23)17(20)13-24/h1-8H,9-12,14H2. The molecule has 0 radical (unpaired) electrons. The quantitative estimate of drug-likeness (QED) is 0.682. The number of benzene rings is 2. The van der Waals surface area contributed by atoms with E-state index in [-0.39, 0.29) is 5.56 Å². The molecule has 27 heavy (non-hydrogen) atoms. The van der Waals surface area contributed by atoms with Crippen LogP contribution in [-0.4, -0.2) is 36.1 Å². The Kier molecular flexibility index (Phi) is 4.93. The molecule has 0 unspecified atom stereocenters. The molecule has 4 rings (SSSR count). The van der Waals surface area contributed by atoms with E-state index in [2.05, 4.69) is 14.8 Å². The second kappa shape index (κ2) is 7.51. The summed E-state index contributed by atoms with van der Waals surface area (Å²) in [5.41, 5.74) is 2.88. The van der Waals surface area contributed by atoms with Gasteiger partial charge < -0.3 is 4.90 Å². The Balaban J connectivity index is 1.49. The van der Waals surface area contributed by atoms with Gasteiger partial charge in [0.1, 0.15) is 17.4 Å². The third-order valence-electron chi connectivity index (χ3n) is 5.01. The molecule has 0 bridgehead atoms. The lowest BCUT2D eigenvalue weighted by atomic mass is 10.1. The number of nitrogens with zero attached hydrogens (tertiary/aromatic N) is 4. The summed E-state index contributed by atoms with van der Waals surface area (Å²) in [4.78, 5) is 8.93. The second-order valence-corrected chi connectivity index (χ2v) is 7.02. The summed E-state index contributed by atoms with van der Waals surface area (Å²) in [5, 5.41) is 10.9. The number of hydrogen-bond donors (Lipinski definition) is 0. The van der Waals surface area contributed by atoms with Crippen molar-refractivity contribution in [1.29, 1.82) is 5.26 Å². The number of hydrogen-bond acceptors (Lipinski definition) is 4. The van der Waals surface area contributed by atoms with Gasteiger partial charge in [-0.05, 0) is 35.9 Å². The first-order valence-electron chi connectivity index (χ1n) is 8.85. The molecule has 1 saturated heterocycles. The van der Waals surface area contributed by atoms with E-state index in [9.17, 15) is 9.65 Å². The van der Waals surface area contributed by atoms with Gasteiger partial charge in [-0.3, -0.25) is 9.88 Å². The van der Waals surface area contributed by atoms with Crippen molar-refractivity contribution in [3.8, 4) is 6.07 Å². The predicted molar refractivity (Wildman–Crippen MR) is 105 cm³/mol. The Hall–Kier alpha value is -2.68. The first kappa shape index (κ1) is 17.7. The summed E-state index contributed by atoms with van der Waals surface area (Å²) in [6, 6.07) is 14.6. The highest BCUT2D eigenvalue weighted by molar-refractivity contribution is 6.35. The van der Waals surface area contributed by atoms with E-state index in [0.29, 0.717) is 10.7 Å². The highest BCUT2D eigenvalue weighted by Gasteiger charge is 2.21. The molecule has 0 atom stereocenters. The van der Waals surface area contributed by atoms with E-state index in [1.54, 1.807) is 12.3 Å². The Morgan fingerprint density at radius 2 is 1.89 bits per heavy atom. The molecule has 1 aliphatic heterocycles. The Labute approximate surface area is 162 Å². The van der Waals surface area contributed by atoms with E-state index in [1.807, 2.05) is 36.4 Å². The SMILES string of the molecule is N#Cc1c(F)cccc1N1CCN(Cc2ccc(Cl)c3cccnc23)CC1. The monoisotopic (exact) mass is 380 g/mol. The van der Waals surface area contributed by atoms with E-state index in [1.165, 1.54) is 6.07 Å². The van der Waals surface area contributed by atoms with Gasteiger partial charge in [-0.25, -0.2) is 4.39 Å². The maximum absolute atomic E-state index is 13.9. The molecule has 1 aliphatic rings. The second-order valence-electron chi connectivity index (χ2n) is 6.62. The molecule has 0 saturated carbocycles. The minimum atomic E-state index is -0.462. The van der Waals surface area contributed by atoms with Crippen molar-refractivity contribution in [2.24, 2.45) is 0 Å². The van der Waals surface area contributed by atoms with Crippen LogP contribution in [0.1, 0.15) is 11.1 Å². The molecule has 6 heteroatoms. The summed E-state index contributed by atoms with van der Waals surface area (Å²) in [7, 11) is 0. The predicted octanol–water partition coefficient (Wildman–Crippen LogP) is 4.22. The van der Waals surface area contributed by atoms with E-state index in [4.69, 9.17) is 11.6 Å². The number of piperazine rings is 1. The lowest BCUT2D eigenvalue weighted by Crippen LogP contribution is -2.46. The topological polar surface area (TPSA) is 43.2 Å². The van der Waals surface area contributed by atoms with Crippen molar-refractivity contribution in [1.82, 2.24) is 9.88 Å². The molecule has 4 nitrogen and oxygen atoms in total. The van der Waals surface area contributed by atoms with E-state index < -0.39 is 5.82 Å². The number of anilines is 1. The van der Waals surface area contributed by atoms with Crippen LogP contribution in [0.5, 0.6) is 0 Å². The first-order chi connectivity index (χ1) is 13.2. The zero-order chi connectivity index (χ0) is 18.8. The molecule has 0 amide bonds. The third-order valence-corrected chi connectivity index (χ3v) is 5.34. The third kappa shape index (κ3) is 3.46. The van der Waals surface area contributed by atoms with Crippen LogP contribution >= 0.6 is 11.6 Å². The number of nitriles is 1. The summed E-state index contributed by atoms with van der Waals surface area (Å²) in [6.07, 6.45) is 1.79. The van der Waals surface area contributed by atoms with Crippen molar-refractivity contribution >= 4 is 28.2 Å². The number of pyridine rings is 1. The number of aromatic nitrogens is 1. The normalized spacial score (nSPS) is 15.1. The van der Waals surface area contributed by atoms with Gasteiger partial charge in [0, 0.05) is 49.3 Å². The first-order valence-corrected chi connectivity index (χ1v) is 9.23. The van der Waals surface area contributed by atoms with E-state index in [0.717, 1.165) is 49.2 Å². The summed E-state index contributed by atoms with van der Waals surface area (Å²) in [6.45, 7) is 3.94. The molecule has 0 spiro atoms. The van der Waals surface area contributed by atoms with E-state index >= 15 is 0 Å². The smallest absolute Gasteiger partial charge is 0.143 e. The number of rotatable bonds is 3. The molecular weight excluding hydrogens is 363 g/mol. The van der Waals surface area contributed by atoms with Crippen LogP contribution in [0.2, 0.25) is 5.02 Å². The van der Waals surface area contributed by atoms with Gasteiger partial charge in [-0.1, -0.05) is 23.7 Å². The molecule has 1 aromatic heterocycles. The Bertz CT molecular complexity index is 1020. The fourth-order valence-electron chi connectivity index (χ4n) is 3.60. The highest BCUT2D eigenvalue weighted by atomic mass is 35.5. The Morgan fingerprint density at radius 1 is 1.07 bits per heavy atom. The van der Waals surface area contributed by atoms with Gasteiger partial charge in [-0.2, -0.15) is 5.26 Å². The van der Waals surface area contributed by atoms with Crippen LogP contribution in [0.15, 0.2) is 48.7 Å². The number of fused-ring (bicyclic) bond motifs is 1. The summed E-state index contributed by atoms with van der Waals surface area (Å²) in [5.74, 6) is -0.462. The summed E-state index contributed by atoms with van der Waals surface area (Å²) < 4.78 is 13.9. The van der Waals surface area contributed by atoms with Crippen LogP contribution in [0, 0.1) is 17.1 Å². The van der Waals surface area contributed by atoms with Gasteiger partial charge in [-0.15, -0.1) is 0 Å². The minimum Gasteiger partial charge on any atom is -0.368 e. The highest BCUT2D eigenvalue weighted by Crippen LogP contribution is 2.27. The molecule has 136 valence electrons. The fraction of sp³-hybridized carbons (Fsp3) is 0.238. The van der Waals surface area contributed by atoms with Crippen LogP contribution < -0.4 is 4.90 Å². The molecular formula is C21H18ClFN4. The van der Waals surface area contributed by atoms with Gasteiger partial charge in [0.2, 0.25) is 0 Å². The molecule has 2 heterocycles. The van der Waals surface area contributed by atoms with Crippen LogP contribution in [0.4, 0.5) is 10.1 Å². The average Bonchev–Trinajstić information content (AvgIpc) is 2.71. The van der Waals surface area contributed by atoms with Crippen molar-refractivity contribution < 1.29 is 4.39 Å². The summed E-state index contributed by atoms with van der Waals surface area (Å²) >= 11 is 6.28. The Morgan fingerprint density at radius 3 is 2.67 bits per heavy atom. The van der Waals surface area contributed by atoms with Crippen molar-refractivity contribution in [3.05, 3.63) is 70.6 Å². The zero-order valence-corrected chi connectivity index (χ0v) is 15.5. The molecule has 0 aliphatic carbocycles. The van der Waals surface area contributed by atoms with Gasteiger partial charge in [0.15, 0.2) is 0 Å². The lowest BCUT2D eigenvalue weighted by Gasteiger charge is -2.36. The van der Waals surface area contributed by atoms with Crippen LogP contribution in [0.3, 0.4) is 0 Å². The zero-order valence-electron chi connectivity index (χ0n) is 14.7. The molecule has 0 N–H and O–H groups in total. The van der Waals surface area contributed by atoms with Gasteiger partial charge in [0.25, 0.3) is 0 Å². The maximum atomic E-state index is 13.9. The van der Waals surface area contributed by atoms with Crippen LogP contribution in [-0.2, 0) is 6.54 Å².